The number of rotatable bonds is 5. The molecule has 0 bridgehead atoms. The predicted molar refractivity (Wildman–Crippen MR) is 119 cm³/mol. The zero-order valence-corrected chi connectivity index (χ0v) is 17.3. The molecule has 5 rings (SSSR count). The van der Waals surface area contributed by atoms with Crippen LogP contribution < -0.4 is 5.32 Å². The number of aromatic nitrogens is 2. The van der Waals surface area contributed by atoms with E-state index in [0.717, 1.165) is 22.7 Å². The molecule has 1 N–H and O–H groups in total. The Kier molecular flexibility index (Phi) is 5.18. The Morgan fingerprint density at radius 1 is 0.935 bits per heavy atom. The van der Waals surface area contributed by atoms with Crippen LogP contribution in [0.4, 0.5) is 4.39 Å². The molecule has 1 fully saturated rings. The van der Waals surface area contributed by atoms with E-state index in [1.807, 2.05) is 48.5 Å². The van der Waals surface area contributed by atoms with Crippen LogP contribution in [-0.4, -0.2) is 20.0 Å². The number of furan rings is 1. The number of benzene rings is 1. The number of halogens is 1. The summed E-state index contributed by atoms with van der Waals surface area (Å²) in [6.07, 6.45) is 3.54. The van der Waals surface area contributed by atoms with Gasteiger partial charge in [0, 0.05) is 18.0 Å². The van der Waals surface area contributed by atoms with Gasteiger partial charge in [0.1, 0.15) is 23.4 Å². The van der Waals surface area contributed by atoms with Gasteiger partial charge >= 0.3 is 0 Å². The van der Waals surface area contributed by atoms with Crippen LogP contribution in [-0.2, 0) is 6.54 Å². The molecule has 5 nitrogen and oxygen atoms in total. The molecule has 4 aromatic rings. The van der Waals surface area contributed by atoms with E-state index in [1.165, 1.54) is 12.1 Å². The summed E-state index contributed by atoms with van der Waals surface area (Å²) in [5.41, 5.74) is 2.59. The van der Waals surface area contributed by atoms with Crippen LogP contribution in [0.25, 0.3) is 11.3 Å². The van der Waals surface area contributed by atoms with Gasteiger partial charge in [-0.15, -0.1) is 0 Å². The molecule has 1 aliphatic heterocycles. The molecule has 0 radical (unpaired) electrons. The van der Waals surface area contributed by atoms with E-state index in [-0.39, 0.29) is 17.9 Å². The molecule has 31 heavy (non-hydrogen) atoms. The normalized spacial score (nSPS) is 18.2. The number of nitrogens with zero attached hydrogens (tertiary/aromatic N) is 3. The molecule has 4 heterocycles. The average Bonchev–Trinajstić information content (AvgIpc) is 3.41. The van der Waals surface area contributed by atoms with E-state index < -0.39 is 0 Å². The minimum atomic E-state index is -0.280. The lowest BCUT2D eigenvalue weighted by atomic mass is 10.0. The third-order valence-corrected chi connectivity index (χ3v) is 5.66. The van der Waals surface area contributed by atoms with Gasteiger partial charge in [-0.1, -0.05) is 12.1 Å². The highest BCUT2D eigenvalue weighted by molar-refractivity contribution is 7.80. The molecular formula is C24H19FN4OS. The maximum Gasteiger partial charge on any atom is 0.170 e. The minimum Gasteiger partial charge on any atom is -0.459 e. The van der Waals surface area contributed by atoms with Crippen molar-refractivity contribution in [1.82, 2.24) is 20.2 Å². The van der Waals surface area contributed by atoms with E-state index in [2.05, 4.69) is 20.2 Å². The maximum atomic E-state index is 13.3. The highest BCUT2D eigenvalue weighted by Crippen LogP contribution is 2.41. The summed E-state index contributed by atoms with van der Waals surface area (Å²) in [4.78, 5) is 11.1. The van der Waals surface area contributed by atoms with Gasteiger partial charge in [0.05, 0.1) is 24.0 Å². The summed E-state index contributed by atoms with van der Waals surface area (Å²) < 4.78 is 19.6. The van der Waals surface area contributed by atoms with Gasteiger partial charge < -0.3 is 14.6 Å². The molecule has 0 spiro atoms. The van der Waals surface area contributed by atoms with E-state index in [9.17, 15) is 4.39 Å². The fourth-order valence-electron chi connectivity index (χ4n) is 3.83. The fraction of sp³-hybridized carbons (Fsp3) is 0.125. The van der Waals surface area contributed by atoms with Crippen molar-refractivity contribution < 1.29 is 8.81 Å². The smallest absolute Gasteiger partial charge is 0.170 e. The molecule has 1 aromatic carbocycles. The van der Waals surface area contributed by atoms with E-state index in [4.69, 9.17) is 16.6 Å². The first-order chi connectivity index (χ1) is 15.2. The molecule has 2 atom stereocenters. The molecule has 1 saturated heterocycles. The average molecular weight is 431 g/mol. The molecule has 154 valence electrons. The van der Waals surface area contributed by atoms with Crippen LogP contribution in [0, 0.1) is 5.82 Å². The first-order valence-electron chi connectivity index (χ1n) is 9.93. The lowest BCUT2D eigenvalue weighted by Crippen LogP contribution is -2.29. The highest BCUT2D eigenvalue weighted by Gasteiger charge is 2.41. The van der Waals surface area contributed by atoms with Gasteiger partial charge in [-0.05, 0) is 72.9 Å². The van der Waals surface area contributed by atoms with Crippen LogP contribution in [0.3, 0.4) is 0 Å². The summed E-state index contributed by atoms with van der Waals surface area (Å²) in [6.45, 7) is 0.535. The summed E-state index contributed by atoms with van der Waals surface area (Å²) >= 11 is 5.68. The third-order valence-electron chi connectivity index (χ3n) is 5.30. The highest BCUT2D eigenvalue weighted by atomic mass is 32.1. The number of nitrogens with one attached hydrogen (secondary N) is 1. The molecule has 0 amide bonds. The van der Waals surface area contributed by atoms with Crippen molar-refractivity contribution >= 4 is 17.3 Å². The van der Waals surface area contributed by atoms with Gasteiger partial charge in [-0.2, -0.15) is 0 Å². The number of hydrogen-bond acceptors (Lipinski definition) is 4. The van der Waals surface area contributed by atoms with Gasteiger partial charge in [-0.25, -0.2) is 4.39 Å². The summed E-state index contributed by atoms with van der Waals surface area (Å²) in [7, 11) is 0. The van der Waals surface area contributed by atoms with Gasteiger partial charge in [0.25, 0.3) is 0 Å². The first-order valence-corrected chi connectivity index (χ1v) is 10.3. The van der Waals surface area contributed by atoms with E-state index >= 15 is 0 Å². The van der Waals surface area contributed by atoms with Crippen molar-refractivity contribution in [3.8, 4) is 11.3 Å². The quantitative estimate of drug-likeness (QED) is 0.447. The van der Waals surface area contributed by atoms with Crippen molar-refractivity contribution in [3.05, 3.63) is 108 Å². The van der Waals surface area contributed by atoms with Gasteiger partial charge in [-0.3, -0.25) is 9.97 Å². The van der Waals surface area contributed by atoms with Gasteiger partial charge in [0.15, 0.2) is 5.11 Å². The maximum absolute atomic E-state index is 13.3. The van der Waals surface area contributed by atoms with Crippen LogP contribution in [0.15, 0.2) is 89.6 Å². The largest absolute Gasteiger partial charge is 0.459 e. The molecule has 1 aliphatic rings. The topological polar surface area (TPSA) is 54.2 Å². The second-order valence-electron chi connectivity index (χ2n) is 7.28. The monoisotopic (exact) mass is 430 g/mol. The van der Waals surface area contributed by atoms with E-state index in [1.54, 1.807) is 24.5 Å². The standard InChI is InChI=1S/C24H19FN4OS/c25-17-9-7-16(8-10-17)20-11-12-21(30-20)23-22(19-6-2-4-14-27-19)28-24(31)29(23)15-18-5-1-3-13-26-18/h1-14,22-23H,15H2,(H,28,31)/t22-,23+/m0/s1. The van der Waals surface area contributed by atoms with Crippen LogP contribution in [0.2, 0.25) is 0 Å². The summed E-state index contributed by atoms with van der Waals surface area (Å²) in [5, 5.41) is 4.02. The van der Waals surface area contributed by atoms with Gasteiger partial charge in [0.2, 0.25) is 0 Å². The lowest BCUT2D eigenvalue weighted by molar-refractivity contribution is 0.267. The number of hydrogen-bond donors (Lipinski definition) is 1. The zero-order chi connectivity index (χ0) is 21.2. The Labute approximate surface area is 184 Å². The molecule has 7 heteroatoms. The van der Waals surface area contributed by atoms with Crippen LogP contribution in [0.5, 0.6) is 0 Å². The lowest BCUT2D eigenvalue weighted by Gasteiger charge is -2.25. The molecular weight excluding hydrogens is 411 g/mol. The number of pyridine rings is 2. The van der Waals surface area contributed by atoms with Crippen LogP contribution in [0.1, 0.15) is 29.2 Å². The molecule has 3 aromatic heterocycles. The van der Waals surface area contributed by atoms with Crippen molar-refractivity contribution in [2.75, 3.05) is 0 Å². The Balaban J connectivity index is 1.53. The molecule has 0 unspecified atom stereocenters. The molecule has 0 saturated carbocycles. The third kappa shape index (κ3) is 3.92. The molecule has 0 aliphatic carbocycles. The Morgan fingerprint density at radius 3 is 2.42 bits per heavy atom. The van der Waals surface area contributed by atoms with Crippen molar-refractivity contribution in [2.45, 2.75) is 18.6 Å². The number of thiocarbonyl (C=S) groups is 1. The van der Waals surface area contributed by atoms with Crippen molar-refractivity contribution in [1.29, 1.82) is 0 Å². The summed E-state index contributed by atoms with van der Waals surface area (Å²) in [5.74, 6) is 1.14. The second kappa shape index (κ2) is 8.28. The SMILES string of the molecule is Fc1ccc(-c2ccc([C@@H]3[C@H](c4ccccn4)NC(=S)N3Cc3ccccn3)o2)cc1. The summed E-state index contributed by atoms with van der Waals surface area (Å²) in [6, 6.07) is 21.4. The predicted octanol–water partition coefficient (Wildman–Crippen LogP) is 5.05. The Hall–Kier alpha value is -3.58. The zero-order valence-electron chi connectivity index (χ0n) is 16.5. The fourth-order valence-corrected chi connectivity index (χ4v) is 4.14. The van der Waals surface area contributed by atoms with Crippen molar-refractivity contribution in [3.63, 3.8) is 0 Å². The Morgan fingerprint density at radius 2 is 1.71 bits per heavy atom. The Bertz CT molecular complexity index is 1180. The second-order valence-corrected chi connectivity index (χ2v) is 7.67. The van der Waals surface area contributed by atoms with Crippen LogP contribution >= 0.6 is 12.2 Å². The minimum absolute atomic E-state index is 0.176. The van der Waals surface area contributed by atoms with Crippen molar-refractivity contribution in [2.24, 2.45) is 0 Å². The van der Waals surface area contributed by atoms with E-state index in [0.29, 0.717) is 17.4 Å². The first kappa shape index (κ1) is 19.4.